The molecular formula is C17H26N2O2. The number of hydrogen-bond acceptors (Lipinski definition) is 3. The van der Waals surface area contributed by atoms with Crippen LogP contribution in [0.3, 0.4) is 0 Å². The van der Waals surface area contributed by atoms with Gasteiger partial charge in [-0.05, 0) is 45.0 Å². The first-order chi connectivity index (χ1) is 10.1. The van der Waals surface area contributed by atoms with Crippen LogP contribution in [0.15, 0.2) is 30.3 Å². The topological polar surface area (TPSA) is 43.8 Å². The Morgan fingerprint density at radius 3 is 2.86 bits per heavy atom. The number of carbonyl (C=O) groups is 1. The van der Waals surface area contributed by atoms with Gasteiger partial charge in [-0.25, -0.2) is 0 Å². The second-order valence-electron chi connectivity index (χ2n) is 5.99. The van der Waals surface area contributed by atoms with E-state index in [1.807, 2.05) is 0 Å². The fourth-order valence-corrected chi connectivity index (χ4v) is 3.04. The highest BCUT2D eigenvalue weighted by Crippen LogP contribution is 2.17. The van der Waals surface area contributed by atoms with Crippen molar-refractivity contribution in [2.45, 2.75) is 38.3 Å². The maximum atomic E-state index is 10.6. The summed E-state index contributed by atoms with van der Waals surface area (Å²) in [6.07, 6.45) is 3.45. The van der Waals surface area contributed by atoms with E-state index >= 15 is 0 Å². The number of likely N-dealkylation sites (N-methyl/N-ethyl adjacent to an activating group) is 1. The van der Waals surface area contributed by atoms with Crippen LogP contribution in [-0.4, -0.2) is 53.6 Å². The van der Waals surface area contributed by atoms with Crippen molar-refractivity contribution in [3.05, 3.63) is 35.9 Å². The number of rotatable bonds is 7. The van der Waals surface area contributed by atoms with Gasteiger partial charge in [0, 0.05) is 25.6 Å². The van der Waals surface area contributed by atoms with Crippen molar-refractivity contribution >= 4 is 5.97 Å². The van der Waals surface area contributed by atoms with Crippen LogP contribution in [-0.2, 0) is 11.3 Å². The second kappa shape index (κ2) is 8.15. The molecule has 0 radical (unpaired) electrons. The molecule has 1 aromatic rings. The molecule has 0 bridgehead atoms. The van der Waals surface area contributed by atoms with E-state index in [9.17, 15) is 4.79 Å². The number of aliphatic carboxylic acids is 1. The molecule has 4 heteroatoms. The number of nitrogens with zero attached hydrogens (tertiary/aromatic N) is 2. The Balaban J connectivity index is 1.78. The van der Waals surface area contributed by atoms with E-state index in [0.29, 0.717) is 6.04 Å². The zero-order chi connectivity index (χ0) is 15.1. The van der Waals surface area contributed by atoms with Gasteiger partial charge >= 0.3 is 5.97 Å². The largest absolute Gasteiger partial charge is 0.481 e. The number of benzene rings is 1. The maximum absolute atomic E-state index is 10.6. The third kappa shape index (κ3) is 5.48. The van der Waals surface area contributed by atoms with Gasteiger partial charge in [-0.15, -0.1) is 0 Å². The molecule has 0 saturated carbocycles. The molecule has 1 aliphatic heterocycles. The quantitative estimate of drug-likeness (QED) is 0.838. The lowest BCUT2D eigenvalue weighted by atomic mass is 10.0. The molecule has 1 N–H and O–H groups in total. The summed E-state index contributed by atoms with van der Waals surface area (Å²) in [5, 5.41) is 8.72. The van der Waals surface area contributed by atoms with Gasteiger partial charge in [-0.3, -0.25) is 9.69 Å². The lowest BCUT2D eigenvalue weighted by molar-refractivity contribution is -0.137. The zero-order valence-corrected chi connectivity index (χ0v) is 12.9. The predicted octanol–water partition coefficient (Wildman–Crippen LogP) is 2.45. The first-order valence-electron chi connectivity index (χ1n) is 7.83. The van der Waals surface area contributed by atoms with Gasteiger partial charge in [0.25, 0.3) is 0 Å². The van der Waals surface area contributed by atoms with Crippen molar-refractivity contribution in [1.29, 1.82) is 0 Å². The average molecular weight is 290 g/mol. The SMILES string of the molecule is CN(CCCC(=O)O)[C@@H]1CCCN(Cc2ccccc2)C1. The summed E-state index contributed by atoms with van der Waals surface area (Å²) in [7, 11) is 2.12. The summed E-state index contributed by atoms with van der Waals surface area (Å²) < 4.78 is 0. The normalized spacial score (nSPS) is 19.8. The Hall–Kier alpha value is -1.39. The number of piperidine rings is 1. The molecule has 1 heterocycles. The van der Waals surface area contributed by atoms with E-state index in [1.54, 1.807) is 0 Å². The highest BCUT2D eigenvalue weighted by atomic mass is 16.4. The van der Waals surface area contributed by atoms with Crippen molar-refractivity contribution in [3.63, 3.8) is 0 Å². The number of hydrogen-bond donors (Lipinski definition) is 1. The van der Waals surface area contributed by atoms with E-state index in [0.717, 1.165) is 32.6 Å². The molecule has 116 valence electrons. The monoisotopic (exact) mass is 290 g/mol. The number of likely N-dealkylation sites (tertiary alicyclic amines) is 1. The van der Waals surface area contributed by atoms with Crippen LogP contribution < -0.4 is 0 Å². The minimum Gasteiger partial charge on any atom is -0.481 e. The molecule has 1 aliphatic rings. The molecule has 0 amide bonds. The summed E-state index contributed by atoms with van der Waals surface area (Å²) in [6, 6.07) is 11.2. The highest BCUT2D eigenvalue weighted by Gasteiger charge is 2.22. The third-order valence-corrected chi connectivity index (χ3v) is 4.25. The van der Waals surface area contributed by atoms with Gasteiger partial charge in [-0.2, -0.15) is 0 Å². The molecule has 4 nitrogen and oxygen atoms in total. The zero-order valence-electron chi connectivity index (χ0n) is 12.9. The van der Waals surface area contributed by atoms with Crippen LogP contribution in [0.2, 0.25) is 0 Å². The highest BCUT2D eigenvalue weighted by molar-refractivity contribution is 5.66. The Morgan fingerprint density at radius 2 is 2.14 bits per heavy atom. The standard InChI is InChI=1S/C17H26N2O2/c1-18(11-6-10-17(20)21)16-9-5-12-19(14-16)13-15-7-3-2-4-8-15/h2-4,7-8,16H,5-6,9-14H2,1H3,(H,20,21)/t16-/m1/s1. The molecule has 0 unspecified atom stereocenters. The van der Waals surface area contributed by atoms with E-state index in [-0.39, 0.29) is 6.42 Å². The summed E-state index contributed by atoms with van der Waals surface area (Å²) in [5.41, 5.74) is 1.37. The first kappa shape index (κ1) is 16.0. The van der Waals surface area contributed by atoms with Crippen LogP contribution >= 0.6 is 0 Å². The Kier molecular flexibility index (Phi) is 6.21. The first-order valence-corrected chi connectivity index (χ1v) is 7.83. The van der Waals surface area contributed by atoms with E-state index in [2.05, 4.69) is 47.2 Å². The lowest BCUT2D eigenvalue weighted by Gasteiger charge is -2.37. The summed E-state index contributed by atoms with van der Waals surface area (Å²) in [5.74, 6) is -0.697. The van der Waals surface area contributed by atoms with Crippen molar-refractivity contribution in [2.24, 2.45) is 0 Å². The van der Waals surface area contributed by atoms with Crippen molar-refractivity contribution in [2.75, 3.05) is 26.7 Å². The second-order valence-corrected chi connectivity index (χ2v) is 5.99. The van der Waals surface area contributed by atoms with Gasteiger partial charge in [0.2, 0.25) is 0 Å². The van der Waals surface area contributed by atoms with Gasteiger partial charge < -0.3 is 10.0 Å². The Labute approximate surface area is 127 Å². The smallest absolute Gasteiger partial charge is 0.303 e. The van der Waals surface area contributed by atoms with E-state index < -0.39 is 5.97 Å². The fraction of sp³-hybridized carbons (Fsp3) is 0.588. The van der Waals surface area contributed by atoms with E-state index in [1.165, 1.54) is 18.4 Å². The van der Waals surface area contributed by atoms with Gasteiger partial charge in [0.1, 0.15) is 0 Å². The van der Waals surface area contributed by atoms with Gasteiger partial charge in [0.05, 0.1) is 0 Å². The third-order valence-electron chi connectivity index (χ3n) is 4.25. The van der Waals surface area contributed by atoms with Crippen molar-refractivity contribution in [1.82, 2.24) is 9.80 Å². The molecular weight excluding hydrogens is 264 g/mol. The van der Waals surface area contributed by atoms with Crippen LogP contribution in [0, 0.1) is 0 Å². The summed E-state index contributed by atoms with van der Waals surface area (Å²) >= 11 is 0. The van der Waals surface area contributed by atoms with Gasteiger partial charge in [0.15, 0.2) is 0 Å². The Bertz CT molecular complexity index is 436. The lowest BCUT2D eigenvalue weighted by Crippen LogP contribution is -2.46. The minimum absolute atomic E-state index is 0.269. The van der Waals surface area contributed by atoms with E-state index in [4.69, 9.17) is 5.11 Å². The fourth-order valence-electron chi connectivity index (χ4n) is 3.04. The molecule has 1 atom stereocenters. The maximum Gasteiger partial charge on any atom is 0.303 e. The van der Waals surface area contributed by atoms with Crippen LogP contribution in [0.1, 0.15) is 31.2 Å². The molecule has 0 spiro atoms. The minimum atomic E-state index is -0.697. The van der Waals surface area contributed by atoms with Crippen LogP contribution in [0.5, 0.6) is 0 Å². The number of carboxylic acid groups (broad SMARTS) is 1. The van der Waals surface area contributed by atoms with Crippen molar-refractivity contribution < 1.29 is 9.90 Å². The molecule has 1 fully saturated rings. The van der Waals surface area contributed by atoms with Gasteiger partial charge in [-0.1, -0.05) is 30.3 Å². The van der Waals surface area contributed by atoms with Crippen LogP contribution in [0.25, 0.3) is 0 Å². The summed E-state index contributed by atoms with van der Waals surface area (Å²) in [6.45, 7) is 4.13. The molecule has 21 heavy (non-hydrogen) atoms. The molecule has 1 aromatic carbocycles. The summed E-state index contributed by atoms with van der Waals surface area (Å²) in [4.78, 5) is 15.4. The molecule has 0 aliphatic carbocycles. The predicted molar refractivity (Wildman–Crippen MR) is 84.2 cm³/mol. The molecule has 2 rings (SSSR count). The van der Waals surface area contributed by atoms with Crippen LogP contribution in [0.4, 0.5) is 0 Å². The number of carboxylic acids is 1. The molecule has 1 saturated heterocycles. The van der Waals surface area contributed by atoms with Crippen molar-refractivity contribution in [3.8, 4) is 0 Å². The Morgan fingerprint density at radius 1 is 1.38 bits per heavy atom. The average Bonchev–Trinajstić information content (AvgIpc) is 2.48. The molecule has 0 aromatic heterocycles.